The molecule has 5 rings (SSSR count). The number of morpholine rings is 1. The third-order valence-electron chi connectivity index (χ3n) is 6.28. The molecule has 0 bridgehead atoms. The predicted molar refractivity (Wildman–Crippen MR) is 133 cm³/mol. The monoisotopic (exact) mass is 503 g/mol. The van der Waals surface area contributed by atoms with Crippen LogP contribution in [0.3, 0.4) is 0 Å². The van der Waals surface area contributed by atoms with Crippen molar-refractivity contribution in [3.8, 4) is 5.88 Å². The summed E-state index contributed by atoms with van der Waals surface area (Å²) in [7, 11) is 1.65. The van der Waals surface area contributed by atoms with Crippen LogP contribution in [0.4, 0.5) is 23.0 Å². The number of methoxy groups -OCH3 is 1. The number of nitrogens with one attached hydrogen (secondary N) is 2. The number of anilines is 4. The molecule has 3 saturated heterocycles. The second-order valence-electron chi connectivity index (χ2n) is 8.50. The minimum Gasteiger partial charge on any atom is -0.468 e. The molecule has 10 nitrogen and oxygen atoms in total. The molecular weight excluding hydrogens is 474 g/mol. The van der Waals surface area contributed by atoms with Gasteiger partial charge in [0.25, 0.3) is 0 Å². The van der Waals surface area contributed by atoms with Crippen LogP contribution in [0.25, 0.3) is 0 Å². The molecule has 35 heavy (non-hydrogen) atoms. The number of hydrogen-bond acceptors (Lipinski definition) is 10. The Bertz CT molecular complexity index is 1040. The van der Waals surface area contributed by atoms with E-state index in [-0.39, 0.29) is 30.3 Å². The molecule has 1 aromatic heterocycles. The quantitative estimate of drug-likeness (QED) is 0.497. The first-order chi connectivity index (χ1) is 17.2. The van der Waals surface area contributed by atoms with Gasteiger partial charge in [-0.3, -0.25) is 0 Å². The molecule has 3 aliphatic rings. The molecule has 4 atom stereocenters. The molecule has 3 fully saturated rings. The molecular formula is C24H30ClN5O5. The van der Waals surface area contributed by atoms with Crippen LogP contribution in [-0.4, -0.2) is 87.6 Å². The van der Waals surface area contributed by atoms with Crippen LogP contribution in [0.2, 0.25) is 5.02 Å². The van der Waals surface area contributed by atoms with Gasteiger partial charge in [-0.25, -0.2) is 4.98 Å². The minimum absolute atomic E-state index is 0.101. The van der Waals surface area contributed by atoms with Crippen LogP contribution in [0, 0.1) is 0 Å². The van der Waals surface area contributed by atoms with Crippen molar-refractivity contribution in [1.82, 2.24) is 9.97 Å². The molecule has 0 saturated carbocycles. The summed E-state index contributed by atoms with van der Waals surface area (Å²) < 4.78 is 28.7. The number of aromatic nitrogens is 2. The van der Waals surface area contributed by atoms with Crippen molar-refractivity contribution >= 4 is 34.6 Å². The summed E-state index contributed by atoms with van der Waals surface area (Å²) in [6.45, 7) is 8.43. The predicted octanol–water partition coefficient (Wildman–Crippen LogP) is 2.87. The highest BCUT2D eigenvalue weighted by Crippen LogP contribution is 2.34. The molecule has 0 amide bonds. The van der Waals surface area contributed by atoms with E-state index >= 15 is 0 Å². The Hall–Kier alpha value is -2.63. The van der Waals surface area contributed by atoms with Gasteiger partial charge in [0.1, 0.15) is 23.3 Å². The van der Waals surface area contributed by atoms with Gasteiger partial charge >= 0.3 is 0 Å². The first-order valence-electron chi connectivity index (χ1n) is 11.7. The second kappa shape index (κ2) is 11.0. The number of fused-ring (bicyclic) bond motifs is 1. The summed E-state index contributed by atoms with van der Waals surface area (Å²) in [6.07, 6.45) is 2.53. The van der Waals surface area contributed by atoms with Crippen LogP contribution in [0.1, 0.15) is 0 Å². The standard InChI is InChI=1S/C24H30ClN5O5/c1-3-6-26-17-11-15(4-5-18(17)30-7-9-32-10-8-30)28-24-27-12-16(25)23(29-24)35-20-14-34-21-19(31-2)13-33-22(20)21/h3-5,11-12,19-22,26H,1,6-10,13-14H2,2H3,(H,27,28,29)/t19-,20-,21-,22-/m1/s1. The highest BCUT2D eigenvalue weighted by molar-refractivity contribution is 6.31. The van der Waals surface area contributed by atoms with Crippen molar-refractivity contribution in [1.29, 1.82) is 0 Å². The van der Waals surface area contributed by atoms with Gasteiger partial charge in [0.2, 0.25) is 11.8 Å². The van der Waals surface area contributed by atoms with Crippen LogP contribution < -0.4 is 20.3 Å². The van der Waals surface area contributed by atoms with Gasteiger partial charge in [-0.1, -0.05) is 17.7 Å². The molecule has 2 aromatic rings. The minimum atomic E-state index is -0.331. The molecule has 0 spiro atoms. The fraction of sp³-hybridized carbons (Fsp3) is 0.500. The third-order valence-corrected chi connectivity index (χ3v) is 6.54. The van der Waals surface area contributed by atoms with Crippen molar-refractivity contribution in [3.63, 3.8) is 0 Å². The normalized spacial score (nSPS) is 25.8. The number of nitrogens with zero attached hydrogens (tertiary/aromatic N) is 3. The van der Waals surface area contributed by atoms with E-state index in [4.69, 9.17) is 35.3 Å². The molecule has 0 radical (unpaired) electrons. The number of rotatable bonds is 9. The van der Waals surface area contributed by atoms with Gasteiger partial charge in [0.05, 0.1) is 44.0 Å². The summed E-state index contributed by atoms with van der Waals surface area (Å²) in [5.74, 6) is 0.647. The van der Waals surface area contributed by atoms with Crippen molar-refractivity contribution in [3.05, 3.63) is 42.1 Å². The van der Waals surface area contributed by atoms with Crippen molar-refractivity contribution in [2.75, 3.05) is 68.7 Å². The molecule has 11 heteroatoms. The van der Waals surface area contributed by atoms with Gasteiger partial charge in [-0.05, 0) is 18.2 Å². The summed E-state index contributed by atoms with van der Waals surface area (Å²) in [6, 6.07) is 6.10. The van der Waals surface area contributed by atoms with Gasteiger partial charge in [-0.15, -0.1) is 6.58 Å². The van der Waals surface area contributed by atoms with Crippen molar-refractivity contribution in [2.45, 2.75) is 24.4 Å². The van der Waals surface area contributed by atoms with Gasteiger partial charge < -0.3 is 39.2 Å². The number of halogens is 1. The first kappa shape index (κ1) is 24.1. The second-order valence-corrected chi connectivity index (χ2v) is 8.91. The number of benzene rings is 1. The Kier molecular flexibility index (Phi) is 7.54. The zero-order chi connectivity index (χ0) is 24.2. The van der Waals surface area contributed by atoms with Gasteiger partial charge in [0, 0.05) is 32.4 Å². The highest BCUT2D eigenvalue weighted by Gasteiger charge is 2.49. The summed E-state index contributed by atoms with van der Waals surface area (Å²) in [4.78, 5) is 11.1. The fourth-order valence-corrected chi connectivity index (χ4v) is 4.65. The lowest BCUT2D eigenvalue weighted by atomic mass is 10.1. The molecule has 2 N–H and O–H groups in total. The molecule has 188 valence electrons. The fourth-order valence-electron chi connectivity index (χ4n) is 4.52. The average Bonchev–Trinajstić information content (AvgIpc) is 3.48. The van der Waals surface area contributed by atoms with E-state index in [1.165, 1.54) is 6.20 Å². The Morgan fingerprint density at radius 3 is 2.74 bits per heavy atom. The third kappa shape index (κ3) is 5.31. The lowest BCUT2D eigenvalue weighted by Crippen LogP contribution is -2.36. The van der Waals surface area contributed by atoms with Crippen LogP contribution in [0.5, 0.6) is 5.88 Å². The van der Waals surface area contributed by atoms with Gasteiger partial charge in [0.15, 0.2) is 6.10 Å². The van der Waals surface area contributed by atoms with Gasteiger partial charge in [-0.2, -0.15) is 4.98 Å². The van der Waals surface area contributed by atoms with E-state index in [1.54, 1.807) is 7.11 Å². The first-order valence-corrected chi connectivity index (χ1v) is 12.1. The smallest absolute Gasteiger partial charge is 0.237 e. The Morgan fingerprint density at radius 1 is 1.20 bits per heavy atom. The topological polar surface area (TPSA) is 99.2 Å². The molecule has 0 unspecified atom stereocenters. The van der Waals surface area contributed by atoms with Crippen molar-refractivity contribution < 1.29 is 23.7 Å². The molecule has 0 aliphatic carbocycles. The van der Waals surface area contributed by atoms with E-state index in [9.17, 15) is 0 Å². The largest absolute Gasteiger partial charge is 0.468 e. The molecule has 4 heterocycles. The number of ether oxygens (including phenoxy) is 5. The average molecular weight is 504 g/mol. The Labute approximate surface area is 209 Å². The Morgan fingerprint density at radius 2 is 1.97 bits per heavy atom. The summed E-state index contributed by atoms with van der Waals surface area (Å²) >= 11 is 6.35. The Balaban J connectivity index is 1.31. The SMILES string of the molecule is C=CCNc1cc(Nc2ncc(Cl)c(O[C@@H]3CO[C@H]4[C@@H]3OC[C@H]4OC)n2)ccc1N1CCOCC1. The molecule has 1 aromatic carbocycles. The maximum absolute atomic E-state index is 6.35. The van der Waals surface area contributed by atoms with E-state index in [0.717, 1.165) is 30.2 Å². The van der Waals surface area contributed by atoms with E-state index < -0.39 is 0 Å². The van der Waals surface area contributed by atoms with Crippen LogP contribution >= 0.6 is 11.6 Å². The lowest BCUT2D eigenvalue weighted by Gasteiger charge is -2.31. The zero-order valence-corrected chi connectivity index (χ0v) is 20.4. The lowest BCUT2D eigenvalue weighted by molar-refractivity contribution is -0.0141. The summed E-state index contributed by atoms with van der Waals surface area (Å²) in [5, 5.41) is 6.99. The van der Waals surface area contributed by atoms with E-state index in [0.29, 0.717) is 43.9 Å². The van der Waals surface area contributed by atoms with E-state index in [1.807, 2.05) is 18.2 Å². The zero-order valence-electron chi connectivity index (χ0n) is 19.6. The summed E-state index contributed by atoms with van der Waals surface area (Å²) in [5.41, 5.74) is 2.93. The van der Waals surface area contributed by atoms with Crippen LogP contribution in [0.15, 0.2) is 37.1 Å². The molecule has 3 aliphatic heterocycles. The van der Waals surface area contributed by atoms with E-state index in [2.05, 4.69) is 38.1 Å². The van der Waals surface area contributed by atoms with Crippen molar-refractivity contribution in [2.24, 2.45) is 0 Å². The van der Waals surface area contributed by atoms with Crippen LogP contribution in [-0.2, 0) is 18.9 Å². The highest BCUT2D eigenvalue weighted by atomic mass is 35.5. The maximum Gasteiger partial charge on any atom is 0.237 e. The maximum atomic E-state index is 6.35. The number of hydrogen-bond donors (Lipinski definition) is 2.